The standard InChI is InChI=1S/C16H18N2O4S/c1-3-21-14(20)16(2)6-7-18(9-16)13(19)10-4-5-11-12(8-10)22-15(23)17-11/h4-5,8H,3,6-7,9H2,1-2H3,(H,17,23). The molecule has 0 saturated carbocycles. The lowest BCUT2D eigenvalue weighted by Crippen LogP contribution is -2.36. The predicted octanol–water partition coefficient (Wildman–Crippen LogP) is 2.91. The number of carbonyl (C=O) groups is 2. The molecule has 1 fully saturated rings. The summed E-state index contributed by atoms with van der Waals surface area (Å²) >= 11 is 4.94. The zero-order valence-electron chi connectivity index (χ0n) is 13.0. The van der Waals surface area contributed by atoms with Crippen LogP contribution >= 0.6 is 12.2 Å². The van der Waals surface area contributed by atoms with Gasteiger partial charge in [-0.25, -0.2) is 0 Å². The number of H-pyrrole nitrogens is 1. The molecule has 1 unspecified atom stereocenters. The van der Waals surface area contributed by atoms with Crippen molar-refractivity contribution in [2.24, 2.45) is 5.41 Å². The van der Waals surface area contributed by atoms with E-state index >= 15 is 0 Å². The number of oxazole rings is 1. The largest absolute Gasteiger partial charge is 0.466 e. The van der Waals surface area contributed by atoms with Gasteiger partial charge in [-0.2, -0.15) is 0 Å². The van der Waals surface area contributed by atoms with Gasteiger partial charge in [-0.3, -0.25) is 9.59 Å². The third-order valence-corrected chi connectivity index (χ3v) is 4.38. The number of hydrogen-bond acceptors (Lipinski definition) is 5. The van der Waals surface area contributed by atoms with Crippen LogP contribution < -0.4 is 0 Å². The van der Waals surface area contributed by atoms with Gasteiger partial charge in [0.1, 0.15) is 0 Å². The summed E-state index contributed by atoms with van der Waals surface area (Å²) in [5.41, 5.74) is 1.18. The molecule has 2 heterocycles. The molecule has 7 heteroatoms. The minimum absolute atomic E-state index is 0.123. The highest BCUT2D eigenvalue weighted by atomic mass is 32.1. The number of esters is 1. The Hall–Kier alpha value is -2.15. The lowest BCUT2D eigenvalue weighted by Gasteiger charge is -2.22. The summed E-state index contributed by atoms with van der Waals surface area (Å²) in [4.78, 5) is 29.6. The zero-order valence-corrected chi connectivity index (χ0v) is 13.9. The molecular weight excluding hydrogens is 316 g/mol. The van der Waals surface area contributed by atoms with Gasteiger partial charge in [-0.05, 0) is 50.7 Å². The fourth-order valence-corrected chi connectivity index (χ4v) is 3.07. The number of carbonyl (C=O) groups excluding carboxylic acids is 2. The first-order valence-corrected chi connectivity index (χ1v) is 7.93. The molecule has 23 heavy (non-hydrogen) atoms. The number of hydrogen-bond donors (Lipinski definition) is 1. The molecule has 0 spiro atoms. The van der Waals surface area contributed by atoms with Crippen LogP contribution in [0.2, 0.25) is 0 Å². The first kappa shape index (κ1) is 15.7. The van der Waals surface area contributed by atoms with Crippen LogP contribution in [0.5, 0.6) is 0 Å². The number of amides is 1. The summed E-state index contributed by atoms with van der Waals surface area (Å²) in [7, 11) is 0. The number of aromatic amines is 1. The van der Waals surface area contributed by atoms with Gasteiger partial charge in [0.2, 0.25) is 0 Å². The first-order chi connectivity index (χ1) is 10.9. The number of ether oxygens (including phenoxy) is 1. The molecule has 0 bridgehead atoms. The summed E-state index contributed by atoms with van der Waals surface area (Å²) in [6.07, 6.45) is 0.602. The number of likely N-dealkylation sites (tertiary alicyclic amines) is 1. The Labute approximate surface area is 138 Å². The van der Waals surface area contributed by atoms with Crippen molar-refractivity contribution in [2.75, 3.05) is 19.7 Å². The zero-order chi connectivity index (χ0) is 16.6. The van der Waals surface area contributed by atoms with Gasteiger partial charge in [0, 0.05) is 18.7 Å². The fourth-order valence-electron chi connectivity index (χ4n) is 2.87. The smallest absolute Gasteiger partial charge is 0.313 e. The summed E-state index contributed by atoms with van der Waals surface area (Å²) in [6.45, 7) is 4.86. The Morgan fingerprint density at radius 2 is 2.26 bits per heavy atom. The molecule has 0 radical (unpaired) electrons. The van der Waals surface area contributed by atoms with Crippen LogP contribution in [0.3, 0.4) is 0 Å². The van der Waals surface area contributed by atoms with E-state index in [4.69, 9.17) is 21.4 Å². The molecule has 122 valence electrons. The summed E-state index contributed by atoms with van der Waals surface area (Å²) < 4.78 is 10.5. The van der Waals surface area contributed by atoms with Gasteiger partial charge >= 0.3 is 5.97 Å². The second kappa shape index (κ2) is 5.81. The third kappa shape index (κ3) is 2.88. The Kier molecular flexibility index (Phi) is 3.97. The molecule has 6 nitrogen and oxygen atoms in total. The van der Waals surface area contributed by atoms with Crippen LogP contribution in [0.4, 0.5) is 0 Å². The van der Waals surface area contributed by atoms with Crippen molar-refractivity contribution in [3.05, 3.63) is 28.6 Å². The number of fused-ring (bicyclic) bond motifs is 1. The highest BCUT2D eigenvalue weighted by Crippen LogP contribution is 2.32. The van der Waals surface area contributed by atoms with Crippen molar-refractivity contribution in [3.63, 3.8) is 0 Å². The van der Waals surface area contributed by atoms with Gasteiger partial charge < -0.3 is 19.0 Å². The molecule has 1 aliphatic rings. The van der Waals surface area contributed by atoms with Gasteiger partial charge in [0.15, 0.2) is 5.58 Å². The van der Waals surface area contributed by atoms with E-state index in [2.05, 4.69) is 4.98 Å². The van der Waals surface area contributed by atoms with E-state index in [0.717, 1.165) is 5.52 Å². The Morgan fingerprint density at radius 3 is 3.00 bits per heavy atom. The molecule has 2 aromatic rings. The van der Waals surface area contributed by atoms with Crippen LogP contribution in [-0.2, 0) is 9.53 Å². The fraction of sp³-hybridized carbons (Fsp3) is 0.438. The van der Waals surface area contributed by atoms with E-state index in [9.17, 15) is 9.59 Å². The van der Waals surface area contributed by atoms with Crippen molar-refractivity contribution >= 4 is 35.2 Å². The molecule has 0 aliphatic carbocycles. The van der Waals surface area contributed by atoms with Crippen molar-refractivity contribution < 1.29 is 18.7 Å². The van der Waals surface area contributed by atoms with Crippen LogP contribution in [0, 0.1) is 10.3 Å². The van der Waals surface area contributed by atoms with E-state index in [1.54, 1.807) is 30.0 Å². The topological polar surface area (TPSA) is 75.5 Å². The van der Waals surface area contributed by atoms with E-state index < -0.39 is 5.41 Å². The van der Waals surface area contributed by atoms with E-state index in [-0.39, 0.29) is 16.7 Å². The number of nitrogens with zero attached hydrogens (tertiary/aromatic N) is 1. The summed E-state index contributed by atoms with van der Waals surface area (Å²) in [5.74, 6) is -0.371. The molecule has 1 aromatic heterocycles. The SMILES string of the molecule is CCOC(=O)C1(C)CCN(C(=O)c2ccc3[nH]c(=S)oc3c2)C1. The minimum Gasteiger partial charge on any atom is -0.466 e. The second-order valence-corrected chi connectivity index (χ2v) is 6.35. The van der Waals surface area contributed by atoms with E-state index in [1.165, 1.54) is 0 Å². The maximum atomic E-state index is 12.7. The molecule has 1 aliphatic heterocycles. The molecule has 1 N–H and O–H groups in total. The molecule has 1 saturated heterocycles. The van der Waals surface area contributed by atoms with Crippen molar-refractivity contribution in [3.8, 4) is 0 Å². The second-order valence-electron chi connectivity index (χ2n) is 5.98. The molecule has 3 rings (SSSR count). The van der Waals surface area contributed by atoms with Gasteiger partial charge in [-0.1, -0.05) is 0 Å². The first-order valence-electron chi connectivity index (χ1n) is 7.52. The average molecular weight is 334 g/mol. The lowest BCUT2D eigenvalue weighted by molar-refractivity contribution is -0.153. The molecule has 1 aromatic carbocycles. The Balaban J connectivity index is 1.80. The molecule has 1 amide bonds. The number of nitrogens with one attached hydrogen (secondary N) is 1. The summed E-state index contributed by atoms with van der Waals surface area (Å²) in [5, 5.41) is 0. The maximum absolute atomic E-state index is 12.7. The minimum atomic E-state index is -0.637. The van der Waals surface area contributed by atoms with E-state index in [1.807, 2.05) is 6.92 Å². The van der Waals surface area contributed by atoms with Gasteiger partial charge in [0.25, 0.3) is 10.7 Å². The van der Waals surface area contributed by atoms with Crippen LogP contribution in [0.15, 0.2) is 22.6 Å². The monoisotopic (exact) mass is 334 g/mol. The van der Waals surface area contributed by atoms with Crippen LogP contribution in [0.25, 0.3) is 11.1 Å². The van der Waals surface area contributed by atoms with Gasteiger partial charge in [0.05, 0.1) is 17.5 Å². The van der Waals surface area contributed by atoms with Crippen molar-refractivity contribution in [1.29, 1.82) is 0 Å². The van der Waals surface area contributed by atoms with E-state index in [0.29, 0.717) is 37.3 Å². The quantitative estimate of drug-likeness (QED) is 0.690. The normalized spacial score (nSPS) is 20.9. The predicted molar refractivity (Wildman–Crippen MR) is 86.7 cm³/mol. The molecular formula is C16H18N2O4S. The lowest BCUT2D eigenvalue weighted by atomic mass is 9.90. The Bertz CT molecular complexity index is 825. The highest BCUT2D eigenvalue weighted by Gasteiger charge is 2.43. The van der Waals surface area contributed by atoms with Crippen LogP contribution in [-0.4, -0.2) is 41.5 Å². The maximum Gasteiger partial charge on any atom is 0.313 e. The molecule has 1 atom stereocenters. The average Bonchev–Trinajstić information content (AvgIpc) is 3.09. The Morgan fingerprint density at radius 1 is 1.48 bits per heavy atom. The van der Waals surface area contributed by atoms with Crippen molar-refractivity contribution in [1.82, 2.24) is 9.88 Å². The number of aromatic nitrogens is 1. The number of benzene rings is 1. The van der Waals surface area contributed by atoms with Gasteiger partial charge in [-0.15, -0.1) is 0 Å². The summed E-state index contributed by atoms with van der Waals surface area (Å²) in [6, 6.07) is 5.16. The highest BCUT2D eigenvalue weighted by molar-refractivity contribution is 7.71. The van der Waals surface area contributed by atoms with Crippen molar-refractivity contribution in [2.45, 2.75) is 20.3 Å². The third-order valence-electron chi connectivity index (χ3n) is 4.20. The number of rotatable bonds is 3. The van der Waals surface area contributed by atoms with Crippen LogP contribution in [0.1, 0.15) is 30.6 Å².